The quantitative estimate of drug-likeness (QED) is 0.169. The Balaban J connectivity index is 1.11. The zero-order valence-electron chi connectivity index (χ0n) is 25.9. The predicted octanol–water partition coefficient (Wildman–Crippen LogP) is 7.57. The molecule has 7 aliphatic rings. The predicted molar refractivity (Wildman–Crippen MR) is 178 cm³/mol. The molecule has 0 N–H and O–H groups in total. The molecular weight excluding hydrogens is 604 g/mol. The van der Waals surface area contributed by atoms with Gasteiger partial charge in [-0.15, -0.1) is 0 Å². The van der Waals surface area contributed by atoms with Crippen LogP contribution in [0, 0.1) is 0 Å². The summed E-state index contributed by atoms with van der Waals surface area (Å²) in [5.74, 6) is 2.30. The van der Waals surface area contributed by atoms with Crippen molar-refractivity contribution < 1.29 is 28.5 Å². The maximum Gasteiger partial charge on any atom is 0.193 e. The van der Waals surface area contributed by atoms with E-state index < -0.39 is 0 Å². The van der Waals surface area contributed by atoms with Crippen LogP contribution in [-0.4, -0.2) is 21.5 Å². The van der Waals surface area contributed by atoms with Gasteiger partial charge in [0, 0.05) is 22.3 Å². The van der Waals surface area contributed by atoms with Gasteiger partial charge in [0.1, 0.15) is 49.4 Å². The van der Waals surface area contributed by atoms with Crippen molar-refractivity contribution in [2.75, 3.05) is 0 Å². The van der Waals surface area contributed by atoms with E-state index >= 15 is 0 Å². The lowest BCUT2D eigenvalue weighted by atomic mass is 10.0. The third kappa shape index (κ3) is 7.40. The van der Waals surface area contributed by atoms with Crippen molar-refractivity contribution in [3.8, 4) is 23.0 Å². The van der Waals surface area contributed by atoms with Gasteiger partial charge < -0.3 is 18.9 Å². The Labute approximate surface area is 277 Å². The molecule has 2 aromatic heterocycles. The van der Waals surface area contributed by atoms with Gasteiger partial charge in [0.25, 0.3) is 0 Å². The Hall–Kier alpha value is -6.28. The minimum absolute atomic E-state index is 0.0984. The van der Waals surface area contributed by atoms with Gasteiger partial charge >= 0.3 is 0 Å². The standard InChI is InChI=1S/C40H30N2O6/c43-39-27-7-15-35(16-8-27)45-23-31-3-1-4-32(41-31)24-46-36-17-9-28(10-18-36)40(44)30-13-21-38(22-14-30)48-26-34-6-2-5-33(42-34)25-47-37-19-11-29(39)12-20-37/h1-22H,23-26H2. The van der Waals surface area contributed by atoms with E-state index in [4.69, 9.17) is 18.9 Å². The van der Waals surface area contributed by atoms with E-state index in [0.717, 1.165) is 22.8 Å². The maximum absolute atomic E-state index is 13.1. The molecule has 48 heavy (non-hydrogen) atoms. The summed E-state index contributed by atoms with van der Waals surface area (Å²) in [5, 5.41) is 0. The lowest BCUT2D eigenvalue weighted by molar-refractivity contribution is 0.103. The Morgan fingerprint density at radius 3 is 0.792 bits per heavy atom. The van der Waals surface area contributed by atoms with Crippen molar-refractivity contribution in [2.45, 2.75) is 26.4 Å². The maximum atomic E-state index is 13.1. The van der Waals surface area contributed by atoms with E-state index in [1.807, 2.05) is 36.4 Å². The highest BCUT2D eigenvalue weighted by Crippen LogP contribution is 2.22. The number of nitrogens with zero attached hydrogens (tertiary/aromatic N) is 2. The average molecular weight is 635 g/mol. The van der Waals surface area contributed by atoms with Crippen molar-refractivity contribution in [3.05, 3.63) is 178 Å². The molecule has 0 fully saturated rings. The fraction of sp³-hybridized carbons (Fsp3) is 0.100. The molecule has 4 aromatic carbocycles. The Morgan fingerprint density at radius 2 is 0.562 bits per heavy atom. The largest absolute Gasteiger partial charge is 0.487 e. The number of carbonyl (C=O) groups is 2. The van der Waals surface area contributed by atoms with Crippen LogP contribution in [0.1, 0.15) is 54.6 Å². The van der Waals surface area contributed by atoms with E-state index in [2.05, 4.69) is 9.97 Å². The van der Waals surface area contributed by atoms with Crippen LogP contribution >= 0.6 is 0 Å². The highest BCUT2D eigenvalue weighted by atomic mass is 16.5. The Bertz CT molecular complexity index is 1750. The second-order valence-electron chi connectivity index (χ2n) is 11.2. The topological polar surface area (TPSA) is 96.8 Å². The first-order valence-electron chi connectivity index (χ1n) is 15.5. The molecular formula is C40H30N2O6. The molecule has 0 amide bonds. The Kier molecular flexibility index (Phi) is 8.87. The number of hydrogen-bond donors (Lipinski definition) is 0. The van der Waals surface area contributed by atoms with Gasteiger partial charge in [-0.3, -0.25) is 19.6 Å². The summed E-state index contributed by atoms with van der Waals surface area (Å²) in [6, 6.07) is 39.5. The minimum Gasteiger partial charge on any atom is -0.487 e. The molecule has 8 heteroatoms. The summed E-state index contributed by atoms with van der Waals surface area (Å²) < 4.78 is 23.8. The summed E-state index contributed by atoms with van der Waals surface area (Å²) in [4.78, 5) is 35.5. The zero-order chi connectivity index (χ0) is 32.7. The summed E-state index contributed by atoms with van der Waals surface area (Å²) >= 11 is 0. The fourth-order valence-electron chi connectivity index (χ4n) is 5.15. The molecule has 8 nitrogen and oxygen atoms in total. The number of pyridine rings is 2. The van der Waals surface area contributed by atoms with Gasteiger partial charge in [0.15, 0.2) is 11.6 Å². The lowest BCUT2D eigenvalue weighted by Crippen LogP contribution is -2.05. The molecule has 7 aliphatic heterocycles. The van der Waals surface area contributed by atoms with E-state index in [1.165, 1.54) is 0 Å². The van der Waals surface area contributed by atoms with Gasteiger partial charge in [-0.2, -0.15) is 0 Å². The molecule has 0 radical (unpaired) electrons. The SMILES string of the molecule is O=C1c2ccc(cc2)OCc2cccc(n2)COc2ccc(cc2)C(=O)c2ccc(cc2)OCc2cccc(n2)COc2ccc1cc2. The second kappa shape index (κ2) is 14.0. The fourth-order valence-corrected chi connectivity index (χ4v) is 5.15. The van der Waals surface area contributed by atoms with E-state index in [1.54, 1.807) is 97.1 Å². The molecule has 0 atom stereocenters. The van der Waals surface area contributed by atoms with E-state index in [-0.39, 0.29) is 38.0 Å². The molecule has 0 spiro atoms. The minimum atomic E-state index is -0.0984. The molecule has 0 unspecified atom stereocenters. The second-order valence-corrected chi connectivity index (χ2v) is 11.2. The van der Waals surface area contributed by atoms with Gasteiger partial charge in [0.05, 0.1) is 22.8 Å². The molecule has 0 saturated carbocycles. The van der Waals surface area contributed by atoms with Crippen LogP contribution in [-0.2, 0) is 26.4 Å². The number of rotatable bonds is 0. The van der Waals surface area contributed by atoms with Crippen LogP contribution < -0.4 is 18.9 Å². The van der Waals surface area contributed by atoms with Crippen LogP contribution in [0.3, 0.4) is 0 Å². The highest BCUT2D eigenvalue weighted by Gasteiger charge is 2.12. The summed E-state index contributed by atoms with van der Waals surface area (Å²) in [5.41, 5.74) is 5.17. The first-order valence-corrected chi connectivity index (χ1v) is 15.5. The monoisotopic (exact) mass is 634 g/mol. The van der Waals surface area contributed by atoms with Crippen molar-refractivity contribution in [1.29, 1.82) is 0 Å². The molecule has 12 bridgehead atoms. The number of aromatic nitrogens is 2. The number of benzene rings is 4. The summed E-state index contributed by atoms with van der Waals surface area (Å²) in [6.07, 6.45) is 0. The van der Waals surface area contributed by atoms with Crippen LogP contribution in [0.2, 0.25) is 0 Å². The molecule has 0 saturated heterocycles. The number of ketones is 2. The highest BCUT2D eigenvalue weighted by molar-refractivity contribution is 6.09. The first-order chi connectivity index (χ1) is 23.6. The van der Waals surface area contributed by atoms with Crippen molar-refractivity contribution >= 4 is 11.6 Å². The van der Waals surface area contributed by atoms with Crippen molar-refractivity contribution in [2.24, 2.45) is 0 Å². The number of hydrogen-bond acceptors (Lipinski definition) is 8. The smallest absolute Gasteiger partial charge is 0.193 e. The molecule has 13 rings (SSSR count). The lowest BCUT2D eigenvalue weighted by Gasteiger charge is -2.11. The van der Waals surface area contributed by atoms with Crippen LogP contribution in [0.15, 0.2) is 133 Å². The van der Waals surface area contributed by atoms with Crippen molar-refractivity contribution in [3.63, 3.8) is 0 Å². The third-order valence-corrected chi connectivity index (χ3v) is 7.74. The third-order valence-electron chi connectivity index (χ3n) is 7.74. The van der Waals surface area contributed by atoms with E-state index in [0.29, 0.717) is 45.3 Å². The van der Waals surface area contributed by atoms with Crippen molar-refractivity contribution in [1.82, 2.24) is 9.97 Å². The number of ether oxygens (including phenoxy) is 4. The van der Waals surface area contributed by atoms with Crippen LogP contribution in [0.4, 0.5) is 0 Å². The molecule has 9 heterocycles. The molecule has 0 aliphatic carbocycles. The van der Waals surface area contributed by atoms with Crippen LogP contribution in [0.5, 0.6) is 23.0 Å². The summed E-state index contributed by atoms with van der Waals surface area (Å²) in [6.45, 7) is 1.03. The summed E-state index contributed by atoms with van der Waals surface area (Å²) in [7, 11) is 0. The first kappa shape index (κ1) is 30.4. The van der Waals surface area contributed by atoms with Gasteiger partial charge in [-0.05, 0) is 121 Å². The van der Waals surface area contributed by atoms with Gasteiger partial charge in [0.2, 0.25) is 0 Å². The normalized spacial score (nSPS) is 13.4. The van der Waals surface area contributed by atoms with E-state index in [9.17, 15) is 9.59 Å². The Morgan fingerprint density at radius 1 is 0.333 bits per heavy atom. The average Bonchev–Trinajstić information content (AvgIpc) is 3.15. The number of carbonyl (C=O) groups excluding carboxylic acids is 2. The van der Waals surface area contributed by atoms with Gasteiger partial charge in [-0.1, -0.05) is 12.1 Å². The van der Waals surface area contributed by atoms with Gasteiger partial charge in [-0.25, -0.2) is 0 Å². The molecule has 236 valence electrons. The van der Waals surface area contributed by atoms with Crippen LogP contribution in [0.25, 0.3) is 0 Å². The zero-order valence-corrected chi connectivity index (χ0v) is 25.9. The molecule has 6 aromatic rings.